The first-order valence-corrected chi connectivity index (χ1v) is 12.2. The van der Waals surface area contributed by atoms with E-state index in [0.717, 1.165) is 25.8 Å². The fourth-order valence-corrected chi connectivity index (χ4v) is 5.51. The Bertz CT molecular complexity index is 1170. The van der Waals surface area contributed by atoms with Crippen LogP contribution in [0.15, 0.2) is 59.8 Å². The minimum absolute atomic E-state index is 0.0713. The predicted octanol–water partition coefficient (Wildman–Crippen LogP) is 5.98. The monoisotopic (exact) mass is 470 g/mol. The van der Waals surface area contributed by atoms with Crippen molar-refractivity contribution in [2.24, 2.45) is 0 Å². The Morgan fingerprint density at radius 3 is 2.77 bits per heavy atom. The van der Waals surface area contributed by atoms with E-state index in [-0.39, 0.29) is 5.91 Å². The van der Waals surface area contributed by atoms with Crippen molar-refractivity contribution in [3.63, 3.8) is 0 Å². The number of benzene rings is 2. The Hall–Kier alpha value is -2.35. The van der Waals surface area contributed by atoms with Gasteiger partial charge >= 0.3 is 0 Å². The Labute approximate surface area is 195 Å². The third-order valence-corrected chi connectivity index (χ3v) is 7.15. The highest BCUT2D eigenvalue weighted by Crippen LogP contribution is 2.32. The highest BCUT2D eigenvalue weighted by Gasteiger charge is 2.20. The molecule has 8 heteroatoms. The lowest BCUT2D eigenvalue weighted by molar-refractivity contribution is -0.118. The van der Waals surface area contributed by atoms with Gasteiger partial charge in [0.2, 0.25) is 5.91 Å². The molecule has 2 aromatic carbocycles. The summed E-state index contributed by atoms with van der Waals surface area (Å²) in [6.07, 6.45) is 4.09. The highest BCUT2D eigenvalue weighted by molar-refractivity contribution is 7.99. The number of carbonyl (C=O) groups is 1. The molecular weight excluding hydrogens is 448 g/mol. The number of thioether (sulfide) groups is 1. The van der Waals surface area contributed by atoms with Crippen molar-refractivity contribution in [1.29, 1.82) is 0 Å². The summed E-state index contributed by atoms with van der Waals surface area (Å²) in [5.74, 6) is 0.768. The maximum atomic E-state index is 13.2. The number of rotatable bonds is 8. The van der Waals surface area contributed by atoms with Crippen LogP contribution >= 0.6 is 34.7 Å². The summed E-state index contributed by atoms with van der Waals surface area (Å²) in [6, 6.07) is 13.8. The number of thiazole rings is 1. The zero-order valence-corrected chi connectivity index (χ0v) is 19.8. The highest BCUT2D eigenvalue weighted by atomic mass is 35.5. The molecule has 2 heterocycles. The summed E-state index contributed by atoms with van der Waals surface area (Å²) in [5, 5.41) is 5.73. The van der Waals surface area contributed by atoms with Crippen molar-refractivity contribution in [3.05, 3.63) is 71.0 Å². The van der Waals surface area contributed by atoms with Crippen molar-refractivity contribution < 1.29 is 4.79 Å². The van der Waals surface area contributed by atoms with Gasteiger partial charge in [-0.05, 0) is 61.4 Å². The maximum Gasteiger partial charge on any atom is 0.229 e. The van der Waals surface area contributed by atoms with Crippen molar-refractivity contribution >= 4 is 56.0 Å². The molecule has 0 radical (unpaired) electrons. The van der Waals surface area contributed by atoms with E-state index in [1.54, 1.807) is 29.3 Å². The zero-order valence-electron chi connectivity index (χ0n) is 17.4. The van der Waals surface area contributed by atoms with E-state index in [1.807, 2.05) is 46.1 Å². The van der Waals surface area contributed by atoms with Crippen LogP contribution in [-0.4, -0.2) is 33.0 Å². The summed E-state index contributed by atoms with van der Waals surface area (Å²) in [4.78, 5) is 20.9. The number of carbonyl (C=O) groups excluding carboxylic acids is 1. The second kappa shape index (κ2) is 9.85. The van der Waals surface area contributed by atoms with E-state index in [9.17, 15) is 4.79 Å². The smallest absolute Gasteiger partial charge is 0.229 e. The van der Waals surface area contributed by atoms with E-state index in [1.165, 1.54) is 5.56 Å². The standard InChI is InChI=1S/C23H23ClN4OS2/c1-16-14-17(2)22-20(15-16)31-23(26-22)28(12-11-27-10-3-9-25-27)21(29)8-13-30-19-6-4-18(24)5-7-19/h3-7,9-10,14-15H,8,11-13H2,1-2H3. The minimum Gasteiger partial charge on any atom is -0.286 e. The number of aromatic nitrogens is 3. The van der Waals surface area contributed by atoms with Gasteiger partial charge in [0.05, 0.1) is 16.8 Å². The summed E-state index contributed by atoms with van der Waals surface area (Å²) in [7, 11) is 0. The second-order valence-corrected chi connectivity index (χ2v) is 9.91. The van der Waals surface area contributed by atoms with Crippen LogP contribution < -0.4 is 4.90 Å². The van der Waals surface area contributed by atoms with E-state index in [2.05, 4.69) is 31.1 Å². The van der Waals surface area contributed by atoms with Crippen LogP contribution in [0.4, 0.5) is 5.13 Å². The van der Waals surface area contributed by atoms with Gasteiger partial charge in [0.15, 0.2) is 5.13 Å². The first-order chi connectivity index (χ1) is 15.0. The van der Waals surface area contributed by atoms with Crippen LogP contribution in [0.1, 0.15) is 17.5 Å². The first-order valence-electron chi connectivity index (χ1n) is 10.0. The average Bonchev–Trinajstić information content (AvgIpc) is 3.40. The number of amides is 1. The summed E-state index contributed by atoms with van der Waals surface area (Å²) in [5.41, 5.74) is 3.31. The molecule has 0 saturated carbocycles. The summed E-state index contributed by atoms with van der Waals surface area (Å²) >= 11 is 9.18. The third-order valence-electron chi connectivity index (χ3n) is 4.86. The number of halogens is 1. The molecule has 0 bridgehead atoms. The minimum atomic E-state index is 0.0713. The maximum absolute atomic E-state index is 13.2. The van der Waals surface area contributed by atoms with Crippen LogP contribution in [0.2, 0.25) is 5.02 Å². The van der Waals surface area contributed by atoms with Gasteiger partial charge in [-0.2, -0.15) is 5.10 Å². The average molecular weight is 471 g/mol. The Morgan fingerprint density at radius 2 is 2.03 bits per heavy atom. The van der Waals surface area contributed by atoms with Gasteiger partial charge in [-0.15, -0.1) is 11.8 Å². The number of aryl methyl sites for hydroxylation is 2. The zero-order chi connectivity index (χ0) is 21.8. The number of hydrogen-bond donors (Lipinski definition) is 0. The molecular formula is C23H23ClN4OS2. The molecule has 0 aliphatic carbocycles. The van der Waals surface area contributed by atoms with E-state index >= 15 is 0 Å². The molecule has 0 fully saturated rings. The number of anilines is 1. The molecule has 160 valence electrons. The lowest BCUT2D eigenvalue weighted by atomic mass is 10.1. The topological polar surface area (TPSA) is 51.0 Å². The van der Waals surface area contributed by atoms with Crippen molar-refractivity contribution in [2.45, 2.75) is 31.7 Å². The Kier molecular flexibility index (Phi) is 6.95. The molecule has 0 atom stereocenters. The molecule has 2 aromatic heterocycles. The molecule has 4 rings (SSSR count). The lowest BCUT2D eigenvalue weighted by Crippen LogP contribution is -2.34. The van der Waals surface area contributed by atoms with Crippen LogP contribution in [0.5, 0.6) is 0 Å². The normalized spacial score (nSPS) is 11.2. The van der Waals surface area contributed by atoms with Gasteiger partial charge in [-0.3, -0.25) is 14.4 Å². The fraction of sp³-hybridized carbons (Fsp3) is 0.261. The molecule has 0 spiro atoms. The van der Waals surface area contributed by atoms with Gasteiger partial charge in [-0.1, -0.05) is 29.0 Å². The van der Waals surface area contributed by atoms with Gasteiger partial charge in [0.1, 0.15) is 0 Å². The molecule has 0 unspecified atom stereocenters. The first kappa shape index (κ1) is 21.9. The third kappa shape index (κ3) is 5.47. The van der Waals surface area contributed by atoms with Crippen LogP contribution in [0.3, 0.4) is 0 Å². The van der Waals surface area contributed by atoms with Crippen LogP contribution in [-0.2, 0) is 11.3 Å². The molecule has 31 heavy (non-hydrogen) atoms. The van der Waals surface area contributed by atoms with E-state index in [0.29, 0.717) is 30.3 Å². The van der Waals surface area contributed by atoms with Gasteiger partial charge in [0, 0.05) is 41.0 Å². The van der Waals surface area contributed by atoms with Gasteiger partial charge in [-0.25, -0.2) is 4.98 Å². The second-order valence-electron chi connectivity index (χ2n) is 7.29. The fourth-order valence-electron chi connectivity index (χ4n) is 3.36. The van der Waals surface area contributed by atoms with Gasteiger partial charge < -0.3 is 0 Å². The van der Waals surface area contributed by atoms with Crippen molar-refractivity contribution in [1.82, 2.24) is 14.8 Å². The van der Waals surface area contributed by atoms with E-state index in [4.69, 9.17) is 16.6 Å². The van der Waals surface area contributed by atoms with E-state index < -0.39 is 0 Å². The van der Waals surface area contributed by atoms with Gasteiger partial charge in [0.25, 0.3) is 0 Å². The Morgan fingerprint density at radius 1 is 1.23 bits per heavy atom. The molecule has 4 aromatic rings. The van der Waals surface area contributed by atoms with Crippen molar-refractivity contribution in [2.75, 3.05) is 17.2 Å². The van der Waals surface area contributed by atoms with Crippen LogP contribution in [0.25, 0.3) is 10.2 Å². The lowest BCUT2D eigenvalue weighted by Gasteiger charge is -2.20. The largest absolute Gasteiger partial charge is 0.286 e. The Balaban J connectivity index is 1.51. The SMILES string of the molecule is Cc1cc(C)c2nc(N(CCn3cccn3)C(=O)CCSc3ccc(Cl)cc3)sc2c1. The van der Waals surface area contributed by atoms with Crippen molar-refractivity contribution in [3.8, 4) is 0 Å². The summed E-state index contributed by atoms with van der Waals surface area (Å²) < 4.78 is 2.95. The quantitative estimate of drug-likeness (QED) is 0.297. The van der Waals surface area contributed by atoms with Crippen LogP contribution in [0, 0.1) is 13.8 Å². The molecule has 0 aliphatic rings. The number of nitrogens with zero attached hydrogens (tertiary/aromatic N) is 4. The summed E-state index contributed by atoms with van der Waals surface area (Å²) in [6.45, 7) is 5.30. The molecule has 0 saturated heterocycles. The molecule has 5 nitrogen and oxygen atoms in total. The number of fused-ring (bicyclic) bond motifs is 1. The number of hydrogen-bond acceptors (Lipinski definition) is 5. The molecule has 0 N–H and O–H groups in total. The predicted molar refractivity (Wildman–Crippen MR) is 130 cm³/mol. The molecule has 1 amide bonds. The molecule has 0 aliphatic heterocycles.